The molecule has 178 valence electrons. The molecule has 35 heavy (non-hydrogen) atoms. The average molecular weight is 472 g/mol. The number of carbonyl (C=O) groups excluding carboxylic acids is 1. The van der Waals surface area contributed by atoms with Crippen LogP contribution in [0.4, 0.5) is 21.0 Å². The third-order valence-electron chi connectivity index (χ3n) is 6.12. The molecular weight excluding hydrogens is 445 g/mol. The van der Waals surface area contributed by atoms with Crippen molar-refractivity contribution in [1.29, 1.82) is 0 Å². The molecule has 0 bridgehead atoms. The smallest absolute Gasteiger partial charge is 0.320 e. The monoisotopic (exact) mass is 471 g/mol. The Morgan fingerprint density at radius 2 is 1.66 bits per heavy atom. The zero-order valence-electron chi connectivity index (χ0n) is 19.4. The molecule has 0 aliphatic carbocycles. The number of amides is 2. The highest BCUT2D eigenvalue weighted by Crippen LogP contribution is 2.28. The van der Waals surface area contributed by atoms with Crippen molar-refractivity contribution in [2.75, 3.05) is 43.9 Å². The van der Waals surface area contributed by atoms with Gasteiger partial charge < -0.3 is 20.4 Å². The summed E-state index contributed by atoms with van der Waals surface area (Å²) in [5, 5.41) is 0. The lowest BCUT2D eigenvalue weighted by molar-refractivity contribution is 0.157. The Morgan fingerprint density at radius 1 is 0.943 bits per heavy atom. The molecule has 2 amide bonds. The van der Waals surface area contributed by atoms with E-state index in [1.807, 2.05) is 54.4 Å². The number of urea groups is 1. The van der Waals surface area contributed by atoms with Crippen LogP contribution in [0, 0.1) is 5.82 Å². The predicted molar refractivity (Wildman–Crippen MR) is 134 cm³/mol. The van der Waals surface area contributed by atoms with E-state index in [2.05, 4.69) is 14.9 Å². The molecule has 4 aromatic rings. The summed E-state index contributed by atoms with van der Waals surface area (Å²) in [7, 11) is 1.82. The number of nitrogen functional groups attached to an aromatic ring is 1. The molecule has 2 aromatic heterocycles. The molecule has 0 radical (unpaired) electrons. The molecular formula is C26H26FN7O. The summed E-state index contributed by atoms with van der Waals surface area (Å²) in [5.74, 6) is 0.513. The van der Waals surface area contributed by atoms with Crippen molar-refractivity contribution in [3.05, 3.63) is 78.1 Å². The fourth-order valence-electron chi connectivity index (χ4n) is 4.29. The van der Waals surface area contributed by atoms with Gasteiger partial charge in [-0.15, -0.1) is 0 Å². The summed E-state index contributed by atoms with van der Waals surface area (Å²) in [5.41, 5.74) is 9.85. The van der Waals surface area contributed by atoms with E-state index in [-0.39, 0.29) is 17.8 Å². The summed E-state index contributed by atoms with van der Waals surface area (Å²) < 4.78 is 13.4. The number of hydrogen-bond acceptors (Lipinski definition) is 6. The maximum atomic E-state index is 13.4. The van der Waals surface area contributed by atoms with Crippen LogP contribution in [0.2, 0.25) is 0 Å². The lowest BCUT2D eigenvalue weighted by atomic mass is 10.1. The van der Waals surface area contributed by atoms with Gasteiger partial charge in [0.05, 0.1) is 11.2 Å². The predicted octanol–water partition coefficient (Wildman–Crippen LogP) is 3.79. The van der Waals surface area contributed by atoms with Crippen LogP contribution < -0.4 is 10.6 Å². The molecule has 1 aliphatic rings. The number of benzene rings is 2. The molecule has 1 fully saturated rings. The zero-order chi connectivity index (χ0) is 24.4. The van der Waals surface area contributed by atoms with Crippen LogP contribution in [-0.4, -0.2) is 64.0 Å². The number of nitrogens with zero attached hydrogens (tertiary/aromatic N) is 6. The number of hydrogen-bond donors (Lipinski definition) is 1. The van der Waals surface area contributed by atoms with Crippen LogP contribution in [0.25, 0.3) is 22.3 Å². The van der Waals surface area contributed by atoms with Crippen LogP contribution >= 0.6 is 0 Å². The van der Waals surface area contributed by atoms with Crippen LogP contribution in [0.1, 0.15) is 5.56 Å². The van der Waals surface area contributed by atoms with Gasteiger partial charge in [-0.2, -0.15) is 4.98 Å². The van der Waals surface area contributed by atoms with Gasteiger partial charge in [-0.05, 0) is 42.0 Å². The fourth-order valence-corrected chi connectivity index (χ4v) is 4.29. The standard InChI is InChI=1S/C26H26FN7O/c1-32(17-18-5-3-2-4-6-18)26(35)34-15-13-33(14-16-34)24-23-22(30-25(28)31-24)12-11-21(29-23)19-7-9-20(27)10-8-19/h2-12H,13-17H2,1H3,(H2,28,30,31). The van der Waals surface area contributed by atoms with E-state index in [4.69, 9.17) is 10.7 Å². The van der Waals surface area contributed by atoms with E-state index in [0.29, 0.717) is 55.3 Å². The van der Waals surface area contributed by atoms with E-state index in [1.54, 1.807) is 17.0 Å². The third-order valence-corrected chi connectivity index (χ3v) is 6.12. The molecule has 0 unspecified atom stereocenters. The Kier molecular flexibility index (Phi) is 6.13. The van der Waals surface area contributed by atoms with Crippen molar-refractivity contribution in [2.45, 2.75) is 6.54 Å². The molecule has 2 N–H and O–H groups in total. The topological polar surface area (TPSA) is 91.5 Å². The quantitative estimate of drug-likeness (QED) is 0.487. The third kappa shape index (κ3) is 4.84. The Labute approximate surface area is 202 Å². The van der Waals surface area contributed by atoms with Gasteiger partial charge in [0.15, 0.2) is 5.82 Å². The number of halogens is 1. The normalized spacial score (nSPS) is 13.8. The Bertz CT molecular complexity index is 1340. The van der Waals surface area contributed by atoms with Gasteiger partial charge in [-0.3, -0.25) is 0 Å². The van der Waals surface area contributed by atoms with Crippen LogP contribution in [-0.2, 0) is 6.54 Å². The maximum absolute atomic E-state index is 13.4. The van der Waals surface area contributed by atoms with Gasteiger partial charge in [0, 0.05) is 45.3 Å². The van der Waals surface area contributed by atoms with Crippen molar-refractivity contribution in [2.24, 2.45) is 0 Å². The second-order valence-electron chi connectivity index (χ2n) is 8.57. The number of fused-ring (bicyclic) bond motifs is 1. The summed E-state index contributed by atoms with van der Waals surface area (Å²) in [4.78, 5) is 32.3. The van der Waals surface area contributed by atoms with Crippen LogP contribution in [0.3, 0.4) is 0 Å². The molecule has 0 spiro atoms. The number of aromatic nitrogens is 3. The molecule has 9 heteroatoms. The zero-order valence-corrected chi connectivity index (χ0v) is 19.4. The summed E-state index contributed by atoms with van der Waals surface area (Å²) >= 11 is 0. The molecule has 3 heterocycles. The van der Waals surface area contributed by atoms with Crippen LogP contribution in [0.5, 0.6) is 0 Å². The number of rotatable bonds is 4. The Balaban J connectivity index is 1.34. The second kappa shape index (κ2) is 9.54. The SMILES string of the molecule is CN(Cc1ccccc1)C(=O)N1CCN(c2nc(N)nc3ccc(-c4ccc(F)cc4)nc23)CC1. The van der Waals surface area contributed by atoms with Gasteiger partial charge in [-0.25, -0.2) is 19.2 Å². The molecule has 1 saturated heterocycles. The Morgan fingerprint density at radius 3 is 2.37 bits per heavy atom. The number of piperazine rings is 1. The first-order chi connectivity index (χ1) is 17.0. The van der Waals surface area contributed by atoms with Crippen molar-refractivity contribution < 1.29 is 9.18 Å². The first kappa shape index (κ1) is 22.5. The molecule has 2 aromatic carbocycles. The van der Waals surface area contributed by atoms with E-state index >= 15 is 0 Å². The maximum Gasteiger partial charge on any atom is 0.320 e. The highest BCUT2D eigenvalue weighted by Gasteiger charge is 2.26. The van der Waals surface area contributed by atoms with E-state index in [9.17, 15) is 9.18 Å². The van der Waals surface area contributed by atoms with Crippen LogP contribution in [0.15, 0.2) is 66.7 Å². The number of carbonyl (C=O) groups is 1. The summed E-state index contributed by atoms with van der Waals surface area (Å²) in [6.07, 6.45) is 0. The first-order valence-corrected chi connectivity index (χ1v) is 11.5. The van der Waals surface area contributed by atoms with Crippen molar-refractivity contribution >= 4 is 28.8 Å². The van der Waals surface area contributed by atoms with Gasteiger partial charge >= 0.3 is 6.03 Å². The number of pyridine rings is 1. The minimum atomic E-state index is -0.298. The lowest BCUT2D eigenvalue weighted by Crippen LogP contribution is -2.52. The van der Waals surface area contributed by atoms with Gasteiger partial charge in [-0.1, -0.05) is 30.3 Å². The van der Waals surface area contributed by atoms with Gasteiger partial charge in [0.2, 0.25) is 5.95 Å². The van der Waals surface area contributed by atoms with Crippen molar-refractivity contribution in [3.63, 3.8) is 0 Å². The molecule has 8 nitrogen and oxygen atoms in total. The van der Waals surface area contributed by atoms with Crippen molar-refractivity contribution in [1.82, 2.24) is 24.8 Å². The van der Waals surface area contributed by atoms with Gasteiger partial charge in [0.1, 0.15) is 11.3 Å². The van der Waals surface area contributed by atoms with Gasteiger partial charge in [0.25, 0.3) is 0 Å². The largest absolute Gasteiger partial charge is 0.368 e. The summed E-state index contributed by atoms with van der Waals surface area (Å²) in [6.45, 7) is 2.86. The second-order valence-corrected chi connectivity index (χ2v) is 8.57. The molecule has 1 aliphatic heterocycles. The molecule has 0 atom stereocenters. The van der Waals surface area contributed by atoms with E-state index in [0.717, 1.165) is 11.1 Å². The summed E-state index contributed by atoms with van der Waals surface area (Å²) in [6, 6.07) is 19.8. The lowest BCUT2D eigenvalue weighted by Gasteiger charge is -2.37. The minimum Gasteiger partial charge on any atom is -0.368 e. The fraction of sp³-hybridized carbons (Fsp3) is 0.231. The highest BCUT2D eigenvalue weighted by molar-refractivity contribution is 5.88. The average Bonchev–Trinajstić information content (AvgIpc) is 2.88. The molecule has 5 rings (SSSR count). The van der Waals surface area contributed by atoms with Crippen molar-refractivity contribution in [3.8, 4) is 11.3 Å². The molecule has 0 saturated carbocycles. The van der Waals surface area contributed by atoms with E-state index < -0.39 is 0 Å². The number of nitrogens with two attached hydrogens (primary N) is 1. The first-order valence-electron chi connectivity index (χ1n) is 11.5. The highest BCUT2D eigenvalue weighted by atomic mass is 19.1. The van der Waals surface area contributed by atoms with E-state index in [1.165, 1.54) is 12.1 Å². The number of anilines is 2. The Hall–Kier alpha value is -4.27. The minimum absolute atomic E-state index is 0.00252.